The normalized spacial score (nSPS) is 21.7. The van der Waals surface area contributed by atoms with Crippen LogP contribution < -0.4 is 0 Å². The Hall–Kier alpha value is -2.04. The van der Waals surface area contributed by atoms with Gasteiger partial charge in [-0.1, -0.05) is 12.7 Å². The van der Waals surface area contributed by atoms with Crippen LogP contribution in [-0.2, 0) is 4.74 Å². The second-order valence-corrected chi connectivity index (χ2v) is 9.74. The molecule has 1 aliphatic carbocycles. The third-order valence-corrected chi connectivity index (χ3v) is 5.58. The first-order valence-corrected chi connectivity index (χ1v) is 10.7. The summed E-state index contributed by atoms with van der Waals surface area (Å²) in [5.74, 6) is 0.631. The molecule has 1 amide bonds. The van der Waals surface area contributed by atoms with E-state index in [1.165, 1.54) is 29.7 Å². The number of carbonyl (C=O) groups is 1. The van der Waals surface area contributed by atoms with E-state index < -0.39 is 5.60 Å². The lowest BCUT2D eigenvalue weighted by atomic mass is 9.91. The van der Waals surface area contributed by atoms with Gasteiger partial charge in [0, 0.05) is 42.8 Å². The van der Waals surface area contributed by atoms with Gasteiger partial charge in [0.25, 0.3) is 0 Å². The Morgan fingerprint density at radius 2 is 1.83 bits per heavy atom. The predicted octanol–water partition coefficient (Wildman–Crippen LogP) is 5.55. The summed E-state index contributed by atoms with van der Waals surface area (Å²) in [5.41, 5.74) is 4.15. The summed E-state index contributed by atoms with van der Waals surface area (Å²) < 4.78 is 5.60. The van der Waals surface area contributed by atoms with E-state index in [4.69, 9.17) is 4.74 Å². The number of hydrogen-bond donors (Lipinski definition) is 0. The molecule has 2 rings (SSSR count). The Bertz CT molecular complexity index is 734. The number of allylic oxidation sites excluding steroid dienone is 4. The van der Waals surface area contributed by atoms with Crippen LogP contribution in [-0.4, -0.2) is 52.4 Å². The molecule has 1 saturated carbocycles. The molecule has 1 saturated heterocycles. The summed E-state index contributed by atoms with van der Waals surface area (Å²) in [6, 6.07) is 0. The molecule has 5 heteroatoms. The van der Waals surface area contributed by atoms with Crippen molar-refractivity contribution in [2.24, 2.45) is 10.9 Å². The molecule has 1 heterocycles. The number of piperazine rings is 1. The minimum atomic E-state index is -0.481. The van der Waals surface area contributed by atoms with Crippen LogP contribution in [0.15, 0.2) is 40.7 Å². The molecule has 0 aromatic rings. The van der Waals surface area contributed by atoms with Crippen molar-refractivity contribution in [2.45, 2.75) is 79.4 Å². The van der Waals surface area contributed by atoms with Gasteiger partial charge in [-0.15, -0.1) is 0 Å². The summed E-state index contributed by atoms with van der Waals surface area (Å²) in [5, 5.41) is 0. The first-order valence-electron chi connectivity index (χ1n) is 10.7. The molecule has 0 aromatic carbocycles. The molecule has 5 nitrogen and oxygen atoms in total. The second-order valence-electron chi connectivity index (χ2n) is 9.74. The van der Waals surface area contributed by atoms with Gasteiger partial charge in [0.05, 0.1) is 5.54 Å². The maximum Gasteiger partial charge on any atom is 0.410 e. The highest BCUT2D eigenvalue weighted by Crippen LogP contribution is 2.42. The Balaban J connectivity index is 2.34. The largest absolute Gasteiger partial charge is 0.444 e. The number of rotatable bonds is 5. The minimum Gasteiger partial charge on any atom is -0.444 e. The van der Waals surface area contributed by atoms with E-state index in [-0.39, 0.29) is 11.6 Å². The van der Waals surface area contributed by atoms with Gasteiger partial charge < -0.3 is 14.5 Å². The van der Waals surface area contributed by atoms with Gasteiger partial charge in [0.2, 0.25) is 0 Å². The van der Waals surface area contributed by atoms with Gasteiger partial charge >= 0.3 is 6.09 Å². The third-order valence-electron chi connectivity index (χ3n) is 5.58. The molecular weight excluding hydrogens is 362 g/mol. The topological polar surface area (TPSA) is 45.1 Å². The smallest absolute Gasteiger partial charge is 0.410 e. The summed E-state index contributed by atoms with van der Waals surface area (Å²) in [6.07, 6.45) is 6.11. The fraction of sp³-hybridized carbons (Fsp3) is 0.667. The average molecular weight is 402 g/mol. The van der Waals surface area contributed by atoms with Gasteiger partial charge in [0.15, 0.2) is 0 Å². The molecule has 0 aromatic heterocycles. The summed E-state index contributed by atoms with van der Waals surface area (Å²) >= 11 is 0. The molecule has 0 N–H and O–H groups in total. The van der Waals surface area contributed by atoms with E-state index in [0.29, 0.717) is 19.0 Å². The first-order chi connectivity index (χ1) is 13.4. The quantitative estimate of drug-likeness (QED) is 0.448. The molecule has 0 radical (unpaired) electrons. The molecular formula is C24H39N3O2. The average Bonchev–Trinajstić information content (AvgIpc) is 3.41. The standard InChI is InChI=1S/C24H39N3O2/c1-10-20(19-12-13-19)21(17(3)25-11-2)18(4)27-15-14-26(16-24(27,8)9)22(28)29-23(5,6)7/h10-11,19H,2,12-16H2,1,3-9H3/b20-10-,21-18-,25-17?. The Morgan fingerprint density at radius 3 is 2.28 bits per heavy atom. The van der Waals surface area contributed by atoms with E-state index in [1.807, 2.05) is 25.7 Å². The predicted molar refractivity (Wildman–Crippen MR) is 121 cm³/mol. The van der Waals surface area contributed by atoms with E-state index in [1.54, 1.807) is 6.20 Å². The number of hydrogen-bond acceptors (Lipinski definition) is 4. The van der Waals surface area contributed by atoms with Crippen molar-refractivity contribution in [3.05, 3.63) is 35.7 Å². The molecule has 0 spiro atoms. The molecule has 162 valence electrons. The highest BCUT2D eigenvalue weighted by molar-refractivity contribution is 6.03. The van der Waals surface area contributed by atoms with Crippen molar-refractivity contribution < 1.29 is 9.53 Å². The van der Waals surface area contributed by atoms with Crippen molar-refractivity contribution >= 4 is 11.8 Å². The zero-order valence-corrected chi connectivity index (χ0v) is 19.6. The van der Waals surface area contributed by atoms with Crippen molar-refractivity contribution in [3.8, 4) is 0 Å². The zero-order chi connectivity index (χ0) is 22.0. The van der Waals surface area contributed by atoms with Gasteiger partial charge in [-0.3, -0.25) is 4.99 Å². The minimum absolute atomic E-state index is 0.207. The van der Waals surface area contributed by atoms with Crippen LogP contribution in [0.4, 0.5) is 4.79 Å². The molecule has 1 aliphatic heterocycles. The number of aliphatic imine (C=N–C) groups is 1. The van der Waals surface area contributed by atoms with Gasteiger partial charge in [-0.25, -0.2) is 4.79 Å². The SMILES string of the molecule is C=CN=C(C)C(/C(=C\C)C1CC1)=C(\C)N1CCN(C(=O)OC(C)(C)C)CC1(C)C. The molecule has 2 aliphatic rings. The second kappa shape index (κ2) is 8.76. The van der Waals surface area contributed by atoms with E-state index in [0.717, 1.165) is 12.3 Å². The summed E-state index contributed by atoms with van der Waals surface area (Å²) in [7, 11) is 0. The van der Waals surface area contributed by atoms with Crippen molar-refractivity contribution in [1.29, 1.82) is 0 Å². The van der Waals surface area contributed by atoms with Crippen LogP contribution in [0.1, 0.15) is 68.2 Å². The molecule has 2 fully saturated rings. The molecule has 0 atom stereocenters. The monoisotopic (exact) mass is 401 g/mol. The lowest BCUT2D eigenvalue weighted by Gasteiger charge is -2.49. The Morgan fingerprint density at radius 1 is 1.21 bits per heavy atom. The Labute approximate surface area is 177 Å². The third kappa shape index (κ3) is 5.74. The summed E-state index contributed by atoms with van der Waals surface area (Å²) in [4.78, 5) is 21.4. The number of ether oxygens (including phenoxy) is 1. The molecule has 29 heavy (non-hydrogen) atoms. The van der Waals surface area contributed by atoms with Gasteiger partial charge in [-0.2, -0.15) is 0 Å². The van der Waals surface area contributed by atoms with Crippen LogP contribution >= 0.6 is 0 Å². The Kier molecular flexibility index (Phi) is 7.02. The zero-order valence-electron chi connectivity index (χ0n) is 19.6. The first kappa shape index (κ1) is 23.2. The van der Waals surface area contributed by atoms with Crippen molar-refractivity contribution in [3.63, 3.8) is 0 Å². The highest BCUT2D eigenvalue weighted by Gasteiger charge is 2.39. The van der Waals surface area contributed by atoms with Crippen LogP contribution in [0.25, 0.3) is 0 Å². The van der Waals surface area contributed by atoms with E-state index in [2.05, 4.69) is 57.2 Å². The maximum atomic E-state index is 12.6. The fourth-order valence-electron chi connectivity index (χ4n) is 4.25. The molecule has 0 unspecified atom stereocenters. The maximum absolute atomic E-state index is 12.6. The summed E-state index contributed by atoms with van der Waals surface area (Å²) in [6.45, 7) is 22.3. The van der Waals surface area contributed by atoms with Gasteiger partial charge in [-0.05, 0) is 79.7 Å². The molecule has 0 bridgehead atoms. The van der Waals surface area contributed by atoms with E-state index >= 15 is 0 Å². The van der Waals surface area contributed by atoms with E-state index in [9.17, 15) is 4.79 Å². The van der Waals surface area contributed by atoms with Crippen LogP contribution in [0.5, 0.6) is 0 Å². The number of nitrogens with zero attached hydrogens (tertiary/aromatic N) is 3. The fourth-order valence-corrected chi connectivity index (χ4v) is 4.25. The lowest BCUT2D eigenvalue weighted by Crippen LogP contribution is -2.60. The van der Waals surface area contributed by atoms with Gasteiger partial charge in [0.1, 0.15) is 5.60 Å². The number of amides is 1. The van der Waals surface area contributed by atoms with Crippen LogP contribution in [0.3, 0.4) is 0 Å². The van der Waals surface area contributed by atoms with Crippen molar-refractivity contribution in [1.82, 2.24) is 9.80 Å². The van der Waals surface area contributed by atoms with Crippen molar-refractivity contribution in [2.75, 3.05) is 19.6 Å². The van der Waals surface area contributed by atoms with Crippen LogP contribution in [0, 0.1) is 5.92 Å². The highest BCUT2D eigenvalue weighted by atomic mass is 16.6. The lowest BCUT2D eigenvalue weighted by molar-refractivity contribution is -0.00575. The van der Waals surface area contributed by atoms with Crippen LogP contribution in [0.2, 0.25) is 0 Å². The number of carbonyl (C=O) groups excluding carboxylic acids is 1.